The van der Waals surface area contributed by atoms with Crippen molar-refractivity contribution in [3.8, 4) is 0 Å². The monoisotopic (exact) mass is 412 g/mol. The molecule has 0 aromatic heterocycles. The number of halogens is 1. The molecule has 8 heteroatoms. The summed E-state index contributed by atoms with van der Waals surface area (Å²) in [6.45, 7) is 3.80. The van der Waals surface area contributed by atoms with Gasteiger partial charge in [0.15, 0.2) is 0 Å². The Kier molecular flexibility index (Phi) is 5.83. The number of rotatable bonds is 4. The van der Waals surface area contributed by atoms with Crippen molar-refractivity contribution in [3.63, 3.8) is 0 Å². The Labute approximate surface area is 174 Å². The second kappa shape index (κ2) is 8.69. The molecule has 0 radical (unpaired) electrons. The summed E-state index contributed by atoms with van der Waals surface area (Å²) in [5.74, 6) is -0.808. The summed E-state index contributed by atoms with van der Waals surface area (Å²) < 4.78 is 13.9. The molecular weight excluding hydrogens is 387 g/mol. The van der Waals surface area contributed by atoms with E-state index in [1.807, 2.05) is 6.07 Å². The fraction of sp³-hybridized carbons (Fsp3) is 0.409. The van der Waals surface area contributed by atoms with Crippen molar-refractivity contribution in [2.24, 2.45) is 0 Å². The molecule has 0 aliphatic carbocycles. The van der Waals surface area contributed by atoms with Gasteiger partial charge in [0.05, 0.1) is 10.5 Å². The first-order chi connectivity index (χ1) is 14.5. The largest absolute Gasteiger partial charge is 0.368 e. The summed E-state index contributed by atoms with van der Waals surface area (Å²) in [6, 6.07) is 11.3. The van der Waals surface area contributed by atoms with Crippen LogP contribution in [0, 0.1) is 15.9 Å². The van der Waals surface area contributed by atoms with Crippen LogP contribution in [0.25, 0.3) is 0 Å². The Morgan fingerprint density at radius 3 is 2.27 bits per heavy atom. The molecule has 1 amide bonds. The van der Waals surface area contributed by atoms with Crippen LogP contribution >= 0.6 is 0 Å². The van der Waals surface area contributed by atoms with Gasteiger partial charge in [-0.25, -0.2) is 4.39 Å². The highest BCUT2D eigenvalue weighted by Gasteiger charge is 2.26. The maximum Gasteiger partial charge on any atom is 0.292 e. The lowest BCUT2D eigenvalue weighted by atomic mass is 10.1. The van der Waals surface area contributed by atoms with Crippen molar-refractivity contribution in [1.29, 1.82) is 0 Å². The van der Waals surface area contributed by atoms with Crippen LogP contribution in [0.1, 0.15) is 29.6 Å². The number of nitro groups is 1. The molecule has 2 aliphatic rings. The van der Waals surface area contributed by atoms with E-state index < -0.39 is 5.82 Å². The molecule has 158 valence electrons. The lowest BCUT2D eigenvalue weighted by Crippen LogP contribution is -2.49. The number of benzene rings is 2. The summed E-state index contributed by atoms with van der Waals surface area (Å²) in [5, 5.41) is 11.5. The van der Waals surface area contributed by atoms with Crippen LogP contribution in [0.15, 0.2) is 42.5 Å². The quantitative estimate of drug-likeness (QED) is 0.566. The van der Waals surface area contributed by atoms with Gasteiger partial charge in [-0.2, -0.15) is 0 Å². The van der Waals surface area contributed by atoms with E-state index in [9.17, 15) is 19.3 Å². The minimum atomic E-state index is -0.508. The summed E-state index contributed by atoms with van der Waals surface area (Å²) in [4.78, 5) is 29.7. The highest BCUT2D eigenvalue weighted by molar-refractivity contribution is 5.94. The van der Waals surface area contributed by atoms with Crippen molar-refractivity contribution < 1.29 is 14.1 Å². The predicted octanol–water partition coefficient (Wildman–Crippen LogP) is 3.69. The summed E-state index contributed by atoms with van der Waals surface area (Å²) >= 11 is 0. The Bertz CT molecular complexity index is 938. The van der Waals surface area contributed by atoms with E-state index in [2.05, 4.69) is 9.80 Å². The van der Waals surface area contributed by atoms with E-state index in [1.54, 1.807) is 29.2 Å². The molecule has 0 atom stereocenters. The van der Waals surface area contributed by atoms with Crippen LogP contribution in [-0.2, 0) is 0 Å². The first-order valence-electron chi connectivity index (χ1n) is 10.4. The maximum atomic E-state index is 13.9. The number of piperazine rings is 1. The van der Waals surface area contributed by atoms with E-state index in [-0.39, 0.29) is 22.1 Å². The van der Waals surface area contributed by atoms with Crippen LogP contribution in [0.4, 0.5) is 21.5 Å². The number of anilines is 2. The third-order valence-corrected chi connectivity index (χ3v) is 5.89. The number of nitrogens with zero attached hydrogens (tertiary/aromatic N) is 4. The lowest BCUT2D eigenvalue weighted by molar-refractivity contribution is -0.384. The third kappa shape index (κ3) is 4.08. The maximum absolute atomic E-state index is 13.9. The first-order valence-corrected chi connectivity index (χ1v) is 10.4. The first kappa shape index (κ1) is 20.1. The van der Waals surface area contributed by atoms with Gasteiger partial charge in [-0.3, -0.25) is 14.9 Å². The molecule has 0 saturated carbocycles. The van der Waals surface area contributed by atoms with Crippen molar-refractivity contribution in [3.05, 3.63) is 64.0 Å². The van der Waals surface area contributed by atoms with Crippen molar-refractivity contribution >= 4 is 23.0 Å². The van der Waals surface area contributed by atoms with Crippen molar-refractivity contribution in [2.75, 3.05) is 49.1 Å². The zero-order valence-corrected chi connectivity index (χ0v) is 16.8. The number of hydrogen-bond donors (Lipinski definition) is 0. The average molecular weight is 412 g/mol. The topological polar surface area (TPSA) is 69.9 Å². The minimum Gasteiger partial charge on any atom is -0.368 e. The highest BCUT2D eigenvalue weighted by Crippen LogP contribution is 2.34. The van der Waals surface area contributed by atoms with Gasteiger partial charge in [0, 0.05) is 51.0 Å². The molecule has 2 heterocycles. The molecule has 30 heavy (non-hydrogen) atoms. The Morgan fingerprint density at radius 2 is 1.60 bits per heavy atom. The van der Waals surface area contributed by atoms with Crippen LogP contribution in [0.3, 0.4) is 0 Å². The van der Waals surface area contributed by atoms with Crippen molar-refractivity contribution in [1.82, 2.24) is 4.90 Å². The highest BCUT2D eigenvalue weighted by atomic mass is 19.1. The van der Waals surface area contributed by atoms with E-state index in [1.165, 1.54) is 12.1 Å². The number of hydrogen-bond acceptors (Lipinski definition) is 5. The molecule has 2 aromatic rings. The zero-order chi connectivity index (χ0) is 21.1. The fourth-order valence-corrected chi connectivity index (χ4v) is 4.22. The van der Waals surface area contributed by atoms with Crippen LogP contribution in [0.5, 0.6) is 0 Å². The van der Waals surface area contributed by atoms with Gasteiger partial charge in [-0.1, -0.05) is 12.1 Å². The zero-order valence-electron chi connectivity index (χ0n) is 16.8. The minimum absolute atomic E-state index is 0.0914. The smallest absolute Gasteiger partial charge is 0.292 e. The lowest BCUT2D eigenvalue weighted by Gasteiger charge is -2.37. The molecule has 0 N–H and O–H groups in total. The molecule has 0 unspecified atom stereocenters. The van der Waals surface area contributed by atoms with Crippen LogP contribution in [-0.4, -0.2) is 55.0 Å². The molecule has 0 spiro atoms. The van der Waals surface area contributed by atoms with Gasteiger partial charge in [-0.05, 0) is 43.5 Å². The van der Waals surface area contributed by atoms with Gasteiger partial charge < -0.3 is 14.7 Å². The number of carbonyl (C=O) groups excluding carboxylic acids is 1. The average Bonchev–Trinajstić information content (AvgIpc) is 2.79. The van der Waals surface area contributed by atoms with Gasteiger partial charge in [0.1, 0.15) is 11.5 Å². The second-order valence-corrected chi connectivity index (χ2v) is 7.74. The number of nitro benzene ring substituents is 1. The van der Waals surface area contributed by atoms with Gasteiger partial charge >= 0.3 is 0 Å². The van der Waals surface area contributed by atoms with E-state index in [4.69, 9.17) is 0 Å². The molecule has 0 bridgehead atoms. The van der Waals surface area contributed by atoms with Crippen LogP contribution in [0.2, 0.25) is 0 Å². The summed E-state index contributed by atoms with van der Waals surface area (Å²) in [6.07, 6.45) is 3.23. The SMILES string of the molecule is O=C(c1ccccc1F)N1CCN(c2ccc([N+](=O)[O-])c(N3CCCCC3)c2)CC1. The molecular formula is C22H25FN4O3. The number of carbonyl (C=O) groups is 1. The molecule has 2 saturated heterocycles. The van der Waals surface area contributed by atoms with Crippen molar-refractivity contribution in [2.45, 2.75) is 19.3 Å². The van der Waals surface area contributed by atoms with E-state index in [0.29, 0.717) is 31.9 Å². The Hall–Kier alpha value is -3.16. The molecule has 4 rings (SSSR count). The van der Waals surface area contributed by atoms with E-state index in [0.717, 1.165) is 38.0 Å². The molecule has 2 aromatic carbocycles. The standard InChI is InChI=1S/C22H25FN4O3/c23-19-7-3-2-6-18(19)22(28)26-14-12-24(13-15-26)17-8-9-20(27(29)30)21(16-17)25-10-4-1-5-11-25/h2-3,6-9,16H,1,4-5,10-15H2. The summed E-state index contributed by atoms with van der Waals surface area (Å²) in [7, 11) is 0. The normalized spacial score (nSPS) is 17.2. The van der Waals surface area contributed by atoms with E-state index >= 15 is 0 Å². The third-order valence-electron chi connectivity index (χ3n) is 5.89. The molecule has 2 fully saturated rings. The fourth-order valence-electron chi connectivity index (χ4n) is 4.22. The number of piperidine rings is 1. The Morgan fingerprint density at radius 1 is 0.900 bits per heavy atom. The van der Waals surface area contributed by atoms with Gasteiger partial charge in [0.2, 0.25) is 0 Å². The molecule has 7 nitrogen and oxygen atoms in total. The second-order valence-electron chi connectivity index (χ2n) is 7.74. The van der Waals surface area contributed by atoms with Crippen LogP contribution < -0.4 is 9.80 Å². The van der Waals surface area contributed by atoms with Gasteiger partial charge in [-0.15, -0.1) is 0 Å². The van der Waals surface area contributed by atoms with Gasteiger partial charge in [0.25, 0.3) is 11.6 Å². The number of amides is 1. The predicted molar refractivity (Wildman–Crippen MR) is 114 cm³/mol. The Balaban J connectivity index is 1.48. The summed E-state index contributed by atoms with van der Waals surface area (Å²) in [5.41, 5.74) is 1.81. The molecule has 2 aliphatic heterocycles.